The highest BCUT2D eigenvalue weighted by Gasteiger charge is 2.52. The molecule has 1 aromatic heterocycles. The Hall–Kier alpha value is -7.61. The topological polar surface area (TPSA) is 12.9 Å². The summed E-state index contributed by atoms with van der Waals surface area (Å²) >= 11 is 0. The van der Waals surface area contributed by atoms with Crippen LogP contribution >= 0.6 is 0 Å². The van der Waals surface area contributed by atoms with Gasteiger partial charge in [-0.15, -0.1) is 0 Å². The highest BCUT2D eigenvalue weighted by Crippen LogP contribution is 2.63. The van der Waals surface area contributed by atoms with E-state index < -0.39 is 5.41 Å². The van der Waals surface area contributed by atoms with Gasteiger partial charge in [0.05, 0.1) is 16.8 Å². The maximum Gasteiger partial charge on any atom is 0.0788 e. The van der Waals surface area contributed by atoms with Crippen molar-refractivity contribution in [3.8, 4) is 67.0 Å². The minimum absolute atomic E-state index is 0.353. The molecule has 0 radical (unpaired) electrons. The molecule has 0 saturated carbocycles. The van der Waals surface area contributed by atoms with E-state index in [0.29, 0.717) is 5.92 Å². The number of aromatic nitrogens is 1. The molecule has 0 fully saturated rings. The monoisotopic (exact) mass is 773 g/mol. The summed E-state index contributed by atoms with van der Waals surface area (Å²) in [5, 5.41) is 2.45. The SMILES string of the molecule is c1ccc(-c2nc3c(cc2-c2cccc4ccccc24)C2(c4ccccc4-c4ccccc42)c2cc(-c4ccc(CC5c6ccccc6-c6ccccc65)cc4)ccc2-3)cc1. The van der Waals surface area contributed by atoms with Crippen molar-refractivity contribution in [2.45, 2.75) is 17.8 Å². The lowest BCUT2D eigenvalue weighted by Gasteiger charge is -2.31. The van der Waals surface area contributed by atoms with Gasteiger partial charge in [0.2, 0.25) is 0 Å². The third-order valence-electron chi connectivity index (χ3n) is 13.9. The van der Waals surface area contributed by atoms with Gasteiger partial charge in [-0.05, 0) is 107 Å². The number of hydrogen-bond acceptors (Lipinski definition) is 1. The molecular weight excluding hydrogens is 735 g/mol. The number of rotatable bonds is 5. The van der Waals surface area contributed by atoms with Gasteiger partial charge in [0.15, 0.2) is 0 Å². The van der Waals surface area contributed by atoms with Gasteiger partial charge >= 0.3 is 0 Å². The predicted octanol–water partition coefficient (Wildman–Crippen LogP) is 14.9. The first-order chi connectivity index (χ1) is 30.3. The third kappa shape index (κ3) is 4.92. The molecule has 1 spiro atoms. The average molecular weight is 774 g/mol. The van der Waals surface area contributed by atoms with Gasteiger partial charge in [-0.25, -0.2) is 4.98 Å². The lowest BCUT2D eigenvalue weighted by atomic mass is 9.70. The molecule has 9 aromatic carbocycles. The minimum Gasteiger partial charge on any atom is -0.247 e. The number of fused-ring (bicyclic) bond motifs is 14. The van der Waals surface area contributed by atoms with Crippen LogP contribution in [-0.2, 0) is 11.8 Å². The zero-order valence-corrected chi connectivity index (χ0v) is 33.5. The minimum atomic E-state index is -0.543. The van der Waals surface area contributed by atoms with Gasteiger partial charge in [-0.3, -0.25) is 0 Å². The van der Waals surface area contributed by atoms with Crippen molar-refractivity contribution in [3.63, 3.8) is 0 Å². The molecular formula is C60H39N. The Morgan fingerprint density at radius 3 is 1.64 bits per heavy atom. The summed E-state index contributed by atoms with van der Waals surface area (Å²) in [7, 11) is 0. The van der Waals surface area contributed by atoms with Crippen LogP contribution in [0.3, 0.4) is 0 Å². The molecule has 1 heteroatoms. The lowest BCUT2D eigenvalue weighted by molar-refractivity contribution is 0.792. The van der Waals surface area contributed by atoms with E-state index in [2.05, 4.69) is 218 Å². The molecule has 3 aliphatic rings. The Labute approximate surface area is 356 Å². The lowest BCUT2D eigenvalue weighted by Crippen LogP contribution is -2.26. The highest BCUT2D eigenvalue weighted by molar-refractivity contribution is 6.03. The highest BCUT2D eigenvalue weighted by atomic mass is 14.8. The molecule has 0 bridgehead atoms. The van der Waals surface area contributed by atoms with Crippen LogP contribution in [0.2, 0.25) is 0 Å². The fraction of sp³-hybridized carbons (Fsp3) is 0.0500. The van der Waals surface area contributed by atoms with E-state index in [1.54, 1.807) is 0 Å². The first-order valence-corrected chi connectivity index (χ1v) is 21.5. The fourth-order valence-electron chi connectivity index (χ4n) is 11.2. The van der Waals surface area contributed by atoms with Crippen LogP contribution in [-0.4, -0.2) is 4.98 Å². The van der Waals surface area contributed by atoms with Crippen molar-refractivity contribution in [1.82, 2.24) is 4.98 Å². The van der Waals surface area contributed by atoms with Crippen LogP contribution in [0.15, 0.2) is 218 Å². The van der Waals surface area contributed by atoms with Crippen molar-refractivity contribution < 1.29 is 0 Å². The summed E-state index contributed by atoms with van der Waals surface area (Å²) < 4.78 is 0. The van der Waals surface area contributed by atoms with Crippen molar-refractivity contribution in [2.75, 3.05) is 0 Å². The molecule has 3 aliphatic carbocycles. The molecule has 1 heterocycles. The van der Waals surface area contributed by atoms with Crippen molar-refractivity contribution in [2.24, 2.45) is 0 Å². The summed E-state index contributed by atoms with van der Waals surface area (Å²) in [5.41, 5.74) is 23.3. The van der Waals surface area contributed by atoms with E-state index in [0.717, 1.165) is 28.9 Å². The molecule has 284 valence electrons. The second-order valence-corrected chi connectivity index (χ2v) is 16.9. The Morgan fingerprint density at radius 1 is 0.344 bits per heavy atom. The van der Waals surface area contributed by atoms with Crippen LogP contribution in [0, 0.1) is 0 Å². The molecule has 13 rings (SSSR count). The summed E-state index contributed by atoms with van der Waals surface area (Å²) in [6.07, 6.45) is 0.971. The molecule has 0 N–H and O–H groups in total. The van der Waals surface area contributed by atoms with Gasteiger partial charge in [0.25, 0.3) is 0 Å². The summed E-state index contributed by atoms with van der Waals surface area (Å²) in [6, 6.07) is 81.2. The summed E-state index contributed by atoms with van der Waals surface area (Å²) in [4.78, 5) is 5.81. The zero-order chi connectivity index (χ0) is 40.1. The summed E-state index contributed by atoms with van der Waals surface area (Å²) in [6.45, 7) is 0. The van der Waals surface area contributed by atoms with Crippen molar-refractivity contribution in [1.29, 1.82) is 0 Å². The van der Waals surface area contributed by atoms with Crippen molar-refractivity contribution >= 4 is 10.8 Å². The van der Waals surface area contributed by atoms with Gasteiger partial charge in [0, 0.05) is 22.6 Å². The number of benzene rings is 9. The van der Waals surface area contributed by atoms with Gasteiger partial charge in [-0.2, -0.15) is 0 Å². The molecule has 1 nitrogen and oxygen atoms in total. The van der Waals surface area contributed by atoms with Crippen LogP contribution in [0.1, 0.15) is 44.9 Å². The van der Waals surface area contributed by atoms with Gasteiger partial charge in [0.1, 0.15) is 0 Å². The van der Waals surface area contributed by atoms with E-state index in [1.165, 1.54) is 94.2 Å². The van der Waals surface area contributed by atoms with E-state index in [9.17, 15) is 0 Å². The van der Waals surface area contributed by atoms with Gasteiger partial charge < -0.3 is 0 Å². The maximum absolute atomic E-state index is 5.81. The quantitative estimate of drug-likeness (QED) is 0.170. The number of pyridine rings is 1. The molecule has 61 heavy (non-hydrogen) atoms. The largest absolute Gasteiger partial charge is 0.247 e. The van der Waals surface area contributed by atoms with Crippen LogP contribution in [0.5, 0.6) is 0 Å². The molecule has 0 amide bonds. The first-order valence-electron chi connectivity index (χ1n) is 21.5. The normalized spacial score (nSPS) is 13.7. The molecule has 0 unspecified atom stereocenters. The van der Waals surface area contributed by atoms with Crippen LogP contribution < -0.4 is 0 Å². The Balaban J connectivity index is 1.00. The van der Waals surface area contributed by atoms with E-state index >= 15 is 0 Å². The molecule has 0 saturated heterocycles. The zero-order valence-electron chi connectivity index (χ0n) is 33.5. The number of nitrogens with zero attached hydrogens (tertiary/aromatic N) is 1. The third-order valence-corrected chi connectivity index (χ3v) is 13.9. The van der Waals surface area contributed by atoms with E-state index in [1.807, 2.05) is 0 Å². The fourth-order valence-corrected chi connectivity index (χ4v) is 11.2. The van der Waals surface area contributed by atoms with E-state index in [4.69, 9.17) is 4.98 Å². The van der Waals surface area contributed by atoms with Crippen molar-refractivity contribution in [3.05, 3.63) is 257 Å². The Morgan fingerprint density at radius 2 is 0.918 bits per heavy atom. The summed E-state index contributed by atoms with van der Waals surface area (Å²) in [5.74, 6) is 0.353. The Kier molecular flexibility index (Phi) is 7.41. The van der Waals surface area contributed by atoms with Crippen LogP contribution in [0.25, 0.3) is 77.8 Å². The predicted molar refractivity (Wildman–Crippen MR) is 252 cm³/mol. The maximum atomic E-state index is 5.81. The second kappa shape index (κ2) is 13.2. The molecule has 0 atom stereocenters. The first kappa shape index (κ1) is 34.3. The Bertz CT molecular complexity index is 3300. The standard InChI is InChI=1S/C60H39N/c1-2-16-41(17-3-1)58-53(44-26-14-18-40-15-4-5-19-43(40)44)37-57-59(61-58)51-34-33-42(36-56(51)60(57)54-27-12-10-24-49(54)50-25-11-13-28-55(50)60)39-31-29-38(30-32-39)35-52-47-22-8-6-20-45(47)46-21-7-9-23-48(46)52/h1-34,36-37,52H,35H2. The van der Waals surface area contributed by atoms with E-state index in [-0.39, 0.29) is 0 Å². The number of hydrogen-bond donors (Lipinski definition) is 0. The molecule has 0 aliphatic heterocycles. The smallest absolute Gasteiger partial charge is 0.0788 e. The van der Waals surface area contributed by atoms with Crippen LogP contribution in [0.4, 0.5) is 0 Å². The van der Waals surface area contributed by atoms with Gasteiger partial charge in [-0.1, -0.05) is 206 Å². The second-order valence-electron chi connectivity index (χ2n) is 16.9. The average Bonchev–Trinajstić information content (AvgIpc) is 3.92. The molecule has 10 aromatic rings.